The fraction of sp³-hybridized carbons (Fsp3) is 0.0870. The van der Waals surface area contributed by atoms with E-state index in [1.165, 1.54) is 11.1 Å². The van der Waals surface area contributed by atoms with Crippen molar-refractivity contribution in [2.45, 2.75) is 13.3 Å². The van der Waals surface area contributed by atoms with Gasteiger partial charge >= 0.3 is 5.97 Å². The zero-order valence-electron chi connectivity index (χ0n) is 14.5. The highest BCUT2D eigenvalue weighted by atomic mass is 79.9. The molecule has 0 aliphatic rings. The quantitative estimate of drug-likeness (QED) is 0.271. The zero-order valence-corrected chi connectivity index (χ0v) is 16.1. The van der Waals surface area contributed by atoms with Gasteiger partial charge in [0.1, 0.15) is 5.75 Å². The van der Waals surface area contributed by atoms with Crippen molar-refractivity contribution in [3.05, 3.63) is 102 Å². The van der Waals surface area contributed by atoms with Gasteiger partial charge in [-0.1, -0.05) is 67.6 Å². The molecule has 26 heavy (non-hydrogen) atoms. The van der Waals surface area contributed by atoms with Crippen LogP contribution in [0.1, 0.15) is 34.8 Å². The van der Waals surface area contributed by atoms with Crippen LogP contribution in [0.5, 0.6) is 5.75 Å². The maximum absolute atomic E-state index is 12.1. The molecule has 2 nitrogen and oxygen atoms in total. The van der Waals surface area contributed by atoms with Crippen LogP contribution in [0.2, 0.25) is 0 Å². The molecule has 0 aromatic heterocycles. The van der Waals surface area contributed by atoms with E-state index in [0.29, 0.717) is 11.3 Å². The Morgan fingerprint density at radius 2 is 1.31 bits per heavy atom. The second kappa shape index (κ2) is 8.63. The lowest BCUT2D eigenvalue weighted by molar-refractivity contribution is 0.0735. The number of esters is 1. The standard InChI is InChI=1S/C23H19BrO2/c1-2-21(17-9-5-3-6-10-17)22(24)18-13-15-20(16-14-18)26-23(25)19-11-7-4-8-12-19/h3-16H,2H2,1H3/b22-21+. The summed E-state index contributed by atoms with van der Waals surface area (Å²) in [6, 6.07) is 26.8. The lowest BCUT2D eigenvalue weighted by Gasteiger charge is -2.11. The van der Waals surface area contributed by atoms with Crippen LogP contribution >= 0.6 is 15.9 Å². The molecule has 130 valence electrons. The molecule has 0 heterocycles. The third-order valence-electron chi connectivity index (χ3n) is 4.07. The number of carbonyl (C=O) groups is 1. The van der Waals surface area contributed by atoms with Crippen molar-refractivity contribution in [1.29, 1.82) is 0 Å². The summed E-state index contributed by atoms with van der Waals surface area (Å²) in [6.07, 6.45) is 0.912. The van der Waals surface area contributed by atoms with Gasteiger partial charge in [0, 0.05) is 4.48 Å². The average molecular weight is 407 g/mol. The highest BCUT2D eigenvalue weighted by molar-refractivity contribution is 9.15. The van der Waals surface area contributed by atoms with E-state index in [2.05, 4.69) is 35.0 Å². The minimum absolute atomic E-state index is 0.355. The maximum atomic E-state index is 12.1. The summed E-state index contributed by atoms with van der Waals surface area (Å²) in [5.74, 6) is 0.173. The van der Waals surface area contributed by atoms with Crippen LogP contribution in [0.25, 0.3) is 10.1 Å². The molecule has 0 unspecified atom stereocenters. The van der Waals surface area contributed by atoms with E-state index < -0.39 is 0 Å². The molecule has 3 aromatic rings. The monoisotopic (exact) mass is 406 g/mol. The number of rotatable bonds is 5. The normalized spacial score (nSPS) is 11.6. The molecular weight excluding hydrogens is 388 g/mol. The van der Waals surface area contributed by atoms with Gasteiger partial charge in [-0.2, -0.15) is 0 Å². The number of allylic oxidation sites excluding steroid dienone is 1. The van der Waals surface area contributed by atoms with E-state index in [1.807, 2.05) is 60.7 Å². The van der Waals surface area contributed by atoms with Crippen molar-refractivity contribution >= 4 is 32.0 Å². The first kappa shape index (κ1) is 18.2. The third-order valence-corrected chi connectivity index (χ3v) is 5.01. The van der Waals surface area contributed by atoms with Gasteiger partial charge < -0.3 is 4.74 Å². The lowest BCUT2D eigenvalue weighted by atomic mass is 10.0. The van der Waals surface area contributed by atoms with Crippen LogP contribution in [0, 0.1) is 0 Å². The predicted octanol–water partition coefficient (Wildman–Crippen LogP) is 6.58. The molecule has 0 amide bonds. The van der Waals surface area contributed by atoms with E-state index in [1.54, 1.807) is 12.1 Å². The van der Waals surface area contributed by atoms with Crippen molar-refractivity contribution in [2.75, 3.05) is 0 Å². The van der Waals surface area contributed by atoms with E-state index in [0.717, 1.165) is 16.5 Å². The Morgan fingerprint density at radius 1 is 0.769 bits per heavy atom. The van der Waals surface area contributed by atoms with Gasteiger partial charge in [-0.15, -0.1) is 0 Å². The van der Waals surface area contributed by atoms with Crippen molar-refractivity contribution < 1.29 is 9.53 Å². The van der Waals surface area contributed by atoms with Gasteiger partial charge in [0.2, 0.25) is 0 Å². The number of ether oxygens (including phenoxy) is 1. The number of hydrogen-bond donors (Lipinski definition) is 0. The van der Waals surface area contributed by atoms with Crippen molar-refractivity contribution in [3.8, 4) is 5.75 Å². The van der Waals surface area contributed by atoms with Gasteiger partial charge in [0.15, 0.2) is 0 Å². The molecule has 0 fully saturated rings. The average Bonchev–Trinajstić information content (AvgIpc) is 2.70. The van der Waals surface area contributed by atoms with Gasteiger partial charge in [0.25, 0.3) is 0 Å². The SMILES string of the molecule is CC/C(=C(\Br)c1ccc(OC(=O)c2ccccc2)cc1)c1ccccc1. The molecule has 0 saturated heterocycles. The van der Waals surface area contributed by atoms with Crippen LogP contribution in [-0.2, 0) is 0 Å². The fourth-order valence-electron chi connectivity index (χ4n) is 2.71. The molecule has 3 rings (SSSR count). The first-order valence-electron chi connectivity index (χ1n) is 8.50. The molecule has 3 aromatic carbocycles. The van der Waals surface area contributed by atoms with Gasteiger partial charge in [-0.25, -0.2) is 4.79 Å². The number of carbonyl (C=O) groups excluding carboxylic acids is 1. The van der Waals surface area contributed by atoms with E-state index in [4.69, 9.17) is 4.74 Å². The summed E-state index contributed by atoms with van der Waals surface area (Å²) >= 11 is 3.73. The van der Waals surface area contributed by atoms with Crippen molar-refractivity contribution in [1.82, 2.24) is 0 Å². The Bertz CT molecular complexity index is 898. The highest BCUT2D eigenvalue weighted by Crippen LogP contribution is 2.34. The fourth-order valence-corrected chi connectivity index (χ4v) is 3.48. The molecule has 3 heteroatoms. The molecule has 0 aliphatic carbocycles. The summed E-state index contributed by atoms with van der Waals surface area (Å²) in [5, 5.41) is 0. The van der Waals surface area contributed by atoms with Crippen molar-refractivity contribution in [3.63, 3.8) is 0 Å². The maximum Gasteiger partial charge on any atom is 0.343 e. The smallest absolute Gasteiger partial charge is 0.343 e. The van der Waals surface area contributed by atoms with Crippen LogP contribution in [0.4, 0.5) is 0 Å². The van der Waals surface area contributed by atoms with E-state index in [-0.39, 0.29) is 5.97 Å². The summed E-state index contributed by atoms with van der Waals surface area (Å²) in [7, 11) is 0. The van der Waals surface area contributed by atoms with Gasteiger partial charge in [-0.3, -0.25) is 0 Å². The van der Waals surface area contributed by atoms with Crippen LogP contribution in [0.15, 0.2) is 84.9 Å². The Kier molecular flexibility index (Phi) is 6.03. The minimum atomic E-state index is -0.355. The molecular formula is C23H19BrO2. The molecule has 0 radical (unpaired) electrons. The molecule has 0 N–H and O–H groups in total. The number of halogens is 1. The molecule has 0 saturated carbocycles. The third kappa shape index (κ3) is 4.30. The van der Waals surface area contributed by atoms with E-state index >= 15 is 0 Å². The first-order chi connectivity index (χ1) is 12.7. The van der Waals surface area contributed by atoms with Crippen molar-refractivity contribution in [2.24, 2.45) is 0 Å². The number of hydrogen-bond acceptors (Lipinski definition) is 2. The van der Waals surface area contributed by atoms with Crippen LogP contribution in [-0.4, -0.2) is 5.97 Å². The first-order valence-corrected chi connectivity index (χ1v) is 9.30. The molecule has 0 aliphatic heterocycles. The van der Waals surface area contributed by atoms with Gasteiger partial charge in [0.05, 0.1) is 5.56 Å². The number of benzene rings is 3. The molecule has 0 bridgehead atoms. The van der Waals surface area contributed by atoms with E-state index in [9.17, 15) is 4.79 Å². The summed E-state index contributed by atoms with van der Waals surface area (Å²) < 4.78 is 6.48. The molecule has 0 spiro atoms. The summed E-state index contributed by atoms with van der Waals surface area (Å²) in [6.45, 7) is 2.14. The highest BCUT2D eigenvalue weighted by Gasteiger charge is 2.10. The Balaban J connectivity index is 1.80. The summed E-state index contributed by atoms with van der Waals surface area (Å²) in [4.78, 5) is 12.1. The van der Waals surface area contributed by atoms with Crippen LogP contribution in [0.3, 0.4) is 0 Å². The van der Waals surface area contributed by atoms with Crippen LogP contribution < -0.4 is 4.74 Å². The zero-order chi connectivity index (χ0) is 18.4. The summed E-state index contributed by atoms with van der Waals surface area (Å²) in [5.41, 5.74) is 4.02. The Morgan fingerprint density at radius 3 is 1.85 bits per heavy atom. The van der Waals surface area contributed by atoms with Gasteiger partial charge in [-0.05, 0) is 63.3 Å². The molecule has 0 atom stereocenters. The largest absolute Gasteiger partial charge is 0.423 e. The Hall–Kier alpha value is -2.65. The minimum Gasteiger partial charge on any atom is -0.423 e. The second-order valence-electron chi connectivity index (χ2n) is 5.79. The second-order valence-corrected chi connectivity index (χ2v) is 6.59. The Labute approximate surface area is 162 Å². The lowest BCUT2D eigenvalue weighted by Crippen LogP contribution is -2.07. The predicted molar refractivity (Wildman–Crippen MR) is 110 cm³/mol. The topological polar surface area (TPSA) is 26.3 Å².